The van der Waals surface area contributed by atoms with Crippen LogP contribution in [-0.4, -0.2) is 35.4 Å². The number of nitriles is 1. The third-order valence-corrected chi connectivity index (χ3v) is 4.05. The van der Waals surface area contributed by atoms with Crippen molar-refractivity contribution in [1.82, 2.24) is 9.88 Å². The summed E-state index contributed by atoms with van der Waals surface area (Å²) < 4.78 is 0. The van der Waals surface area contributed by atoms with Crippen molar-refractivity contribution in [2.45, 2.75) is 19.4 Å². The molecule has 0 aliphatic carbocycles. The third-order valence-electron chi connectivity index (χ3n) is 4.05. The lowest BCUT2D eigenvalue weighted by Gasteiger charge is -2.25. The summed E-state index contributed by atoms with van der Waals surface area (Å²) in [5, 5.41) is 23.1. The summed E-state index contributed by atoms with van der Waals surface area (Å²) in [5.41, 5.74) is 1.97. The normalized spacial score (nSPS) is 11.8. The van der Waals surface area contributed by atoms with Gasteiger partial charge in [0, 0.05) is 12.6 Å². The average molecular weight is 339 g/mol. The van der Waals surface area contributed by atoms with E-state index in [0.717, 1.165) is 12.0 Å². The zero-order chi connectivity index (χ0) is 18.4. The van der Waals surface area contributed by atoms with Gasteiger partial charge in [0.05, 0.1) is 11.0 Å². The van der Waals surface area contributed by atoms with Crippen LogP contribution in [0.15, 0.2) is 36.4 Å². The average Bonchev–Trinajstić information content (AvgIpc) is 2.61. The zero-order valence-electron chi connectivity index (χ0n) is 14.6. The van der Waals surface area contributed by atoms with Gasteiger partial charge in [-0.2, -0.15) is 5.26 Å². The predicted octanol–water partition coefficient (Wildman–Crippen LogP) is 3.14. The molecule has 0 bridgehead atoms. The summed E-state index contributed by atoms with van der Waals surface area (Å²) in [7, 11) is 3.98. The number of aromatic nitrogens is 1. The summed E-state index contributed by atoms with van der Waals surface area (Å²) >= 11 is 0. The molecule has 0 saturated heterocycles. The highest BCUT2D eigenvalue weighted by atomic mass is 16.6. The predicted molar refractivity (Wildman–Crippen MR) is 96.3 cm³/mol. The highest BCUT2D eigenvalue weighted by Gasteiger charge is 2.17. The maximum absolute atomic E-state index is 10.9. The van der Waals surface area contributed by atoms with Gasteiger partial charge in [-0.15, -0.1) is 0 Å². The third kappa shape index (κ3) is 4.52. The first-order valence-electron chi connectivity index (χ1n) is 8.01. The van der Waals surface area contributed by atoms with Crippen LogP contribution in [-0.2, 0) is 6.42 Å². The fourth-order valence-corrected chi connectivity index (χ4v) is 2.56. The number of aryl methyl sites for hydroxylation is 1. The quantitative estimate of drug-likeness (QED) is 0.615. The van der Waals surface area contributed by atoms with Crippen LogP contribution >= 0.6 is 0 Å². The second kappa shape index (κ2) is 8.22. The lowest BCUT2D eigenvalue weighted by molar-refractivity contribution is -0.385. The Morgan fingerprint density at radius 3 is 2.48 bits per heavy atom. The van der Waals surface area contributed by atoms with Crippen LogP contribution in [0.2, 0.25) is 0 Å². The van der Waals surface area contributed by atoms with Gasteiger partial charge in [-0.05, 0) is 37.7 Å². The van der Waals surface area contributed by atoms with Gasteiger partial charge >= 0.3 is 5.69 Å². The summed E-state index contributed by atoms with van der Waals surface area (Å²) in [6, 6.07) is 13.1. The van der Waals surface area contributed by atoms with Crippen molar-refractivity contribution in [3.63, 3.8) is 0 Å². The Kier molecular flexibility index (Phi) is 6.03. The van der Waals surface area contributed by atoms with Crippen LogP contribution < -0.4 is 5.32 Å². The van der Waals surface area contributed by atoms with E-state index in [1.54, 1.807) is 6.07 Å². The smallest absolute Gasteiger partial charge is 0.305 e. The number of nitrogens with one attached hydrogen (secondary N) is 1. The number of anilines is 1. The number of rotatable bonds is 7. The minimum absolute atomic E-state index is 0.105. The number of nitro groups is 1. The van der Waals surface area contributed by atoms with Gasteiger partial charge in [0.1, 0.15) is 11.9 Å². The Morgan fingerprint density at radius 1 is 1.28 bits per heavy atom. The zero-order valence-corrected chi connectivity index (χ0v) is 14.6. The molecule has 1 unspecified atom stereocenters. The van der Waals surface area contributed by atoms with Gasteiger partial charge in [-0.1, -0.05) is 31.2 Å². The standard InChI is InChI=1S/C18H21N5O2/c1-4-13-5-7-14(8-6-13)17(22(2)3)12-20-18-10-9-16(23(24)25)15(11-19)21-18/h5-10,17H,4,12H2,1-3H3,(H,20,21). The van der Waals surface area contributed by atoms with E-state index >= 15 is 0 Å². The number of nitrogens with zero attached hydrogens (tertiary/aromatic N) is 4. The molecule has 1 atom stereocenters. The largest absolute Gasteiger partial charge is 0.368 e. The van der Waals surface area contributed by atoms with Gasteiger partial charge in [-0.3, -0.25) is 10.1 Å². The van der Waals surface area contributed by atoms with Crippen molar-refractivity contribution in [2.24, 2.45) is 0 Å². The molecule has 0 aliphatic rings. The molecule has 0 saturated carbocycles. The molecule has 7 nitrogen and oxygen atoms in total. The fraction of sp³-hybridized carbons (Fsp3) is 0.333. The molecule has 1 aromatic carbocycles. The Morgan fingerprint density at radius 2 is 1.96 bits per heavy atom. The van der Waals surface area contributed by atoms with Crippen LogP contribution in [0.4, 0.5) is 11.5 Å². The maximum atomic E-state index is 10.9. The SMILES string of the molecule is CCc1ccc(C(CNc2ccc([N+](=O)[O-])c(C#N)n2)N(C)C)cc1. The number of likely N-dealkylation sites (N-methyl/N-ethyl adjacent to an activating group) is 1. The number of pyridine rings is 1. The molecule has 130 valence electrons. The molecular weight excluding hydrogens is 318 g/mol. The topological polar surface area (TPSA) is 95.1 Å². The van der Waals surface area contributed by atoms with Gasteiger partial charge in [0.2, 0.25) is 5.69 Å². The van der Waals surface area contributed by atoms with Crippen molar-refractivity contribution in [3.05, 3.63) is 63.3 Å². The molecule has 0 spiro atoms. The molecule has 0 aliphatic heterocycles. The summed E-state index contributed by atoms with van der Waals surface area (Å²) in [6.45, 7) is 2.68. The van der Waals surface area contributed by atoms with E-state index in [1.807, 2.05) is 14.1 Å². The first-order chi connectivity index (χ1) is 12.0. The van der Waals surface area contributed by atoms with Gasteiger partial charge in [0.25, 0.3) is 0 Å². The fourth-order valence-electron chi connectivity index (χ4n) is 2.56. The first kappa shape index (κ1) is 18.4. The van der Waals surface area contributed by atoms with E-state index in [9.17, 15) is 10.1 Å². The second-order valence-electron chi connectivity index (χ2n) is 5.89. The molecule has 0 amide bonds. The molecule has 1 aromatic heterocycles. The molecule has 2 rings (SSSR count). The number of hydrogen-bond acceptors (Lipinski definition) is 6. The van der Waals surface area contributed by atoms with Crippen molar-refractivity contribution in [2.75, 3.05) is 26.0 Å². The van der Waals surface area contributed by atoms with E-state index in [4.69, 9.17) is 5.26 Å². The minimum atomic E-state index is -0.604. The van der Waals surface area contributed by atoms with Crippen molar-refractivity contribution in [1.29, 1.82) is 5.26 Å². The molecule has 0 fully saturated rings. The minimum Gasteiger partial charge on any atom is -0.368 e. The lowest BCUT2D eigenvalue weighted by Crippen LogP contribution is -2.27. The molecular formula is C18H21N5O2. The highest BCUT2D eigenvalue weighted by Crippen LogP contribution is 2.22. The van der Waals surface area contributed by atoms with Gasteiger partial charge in [-0.25, -0.2) is 4.98 Å². The van der Waals surface area contributed by atoms with E-state index in [-0.39, 0.29) is 17.4 Å². The van der Waals surface area contributed by atoms with Crippen LogP contribution in [0.3, 0.4) is 0 Å². The lowest BCUT2D eigenvalue weighted by atomic mass is 10.0. The van der Waals surface area contributed by atoms with Crippen molar-refractivity contribution < 1.29 is 4.92 Å². The van der Waals surface area contributed by atoms with E-state index in [2.05, 4.69) is 46.4 Å². The summed E-state index contributed by atoms with van der Waals surface area (Å²) in [4.78, 5) is 16.4. The van der Waals surface area contributed by atoms with Crippen molar-refractivity contribution >= 4 is 11.5 Å². The molecule has 1 N–H and O–H groups in total. The van der Waals surface area contributed by atoms with Gasteiger partial charge < -0.3 is 10.2 Å². The van der Waals surface area contributed by atoms with Crippen LogP contribution in [0.25, 0.3) is 0 Å². The monoisotopic (exact) mass is 339 g/mol. The molecule has 1 heterocycles. The van der Waals surface area contributed by atoms with E-state index in [0.29, 0.717) is 12.4 Å². The van der Waals surface area contributed by atoms with E-state index < -0.39 is 4.92 Å². The van der Waals surface area contributed by atoms with Crippen molar-refractivity contribution in [3.8, 4) is 6.07 Å². The second-order valence-corrected chi connectivity index (χ2v) is 5.89. The number of hydrogen-bond donors (Lipinski definition) is 1. The Hall–Kier alpha value is -2.98. The summed E-state index contributed by atoms with van der Waals surface area (Å²) in [5.74, 6) is 0.444. The van der Waals surface area contributed by atoms with Gasteiger partial charge in [0.15, 0.2) is 0 Å². The molecule has 0 radical (unpaired) electrons. The Labute approximate surface area is 147 Å². The highest BCUT2D eigenvalue weighted by molar-refractivity contribution is 5.50. The van der Waals surface area contributed by atoms with Crippen LogP contribution in [0.5, 0.6) is 0 Å². The Bertz CT molecular complexity index is 781. The molecule has 2 aromatic rings. The maximum Gasteiger partial charge on any atom is 0.305 e. The molecule has 25 heavy (non-hydrogen) atoms. The first-order valence-corrected chi connectivity index (χ1v) is 8.01. The number of benzene rings is 1. The molecule has 7 heteroatoms. The van der Waals surface area contributed by atoms with E-state index in [1.165, 1.54) is 17.7 Å². The summed E-state index contributed by atoms with van der Waals surface area (Å²) in [6.07, 6.45) is 0.995. The Balaban J connectivity index is 2.16. The van der Waals surface area contributed by atoms with Crippen LogP contribution in [0.1, 0.15) is 29.8 Å². The van der Waals surface area contributed by atoms with Crippen LogP contribution in [0, 0.1) is 21.4 Å².